The maximum Gasteiger partial charge on any atom is 0.251 e. The van der Waals surface area contributed by atoms with E-state index in [2.05, 4.69) is 5.32 Å². The fraction of sp³-hybridized carbons (Fsp3) is 0.526. The van der Waals surface area contributed by atoms with Crippen molar-refractivity contribution in [2.45, 2.75) is 44.9 Å². The van der Waals surface area contributed by atoms with E-state index in [0.717, 1.165) is 5.56 Å². The molecule has 3 rings (SSSR count). The van der Waals surface area contributed by atoms with Crippen molar-refractivity contribution >= 4 is 17.6 Å². The molecule has 1 aromatic carbocycles. The van der Waals surface area contributed by atoms with E-state index in [4.69, 9.17) is 0 Å². The van der Waals surface area contributed by atoms with Crippen LogP contribution in [0.1, 0.15) is 26.3 Å². The summed E-state index contributed by atoms with van der Waals surface area (Å²) in [6, 6.07) is 8.88. The Kier molecular flexibility index (Phi) is 4.41. The number of benzene rings is 1. The summed E-state index contributed by atoms with van der Waals surface area (Å²) in [4.78, 5) is 38.5. The van der Waals surface area contributed by atoms with Crippen LogP contribution in [0, 0.1) is 11.8 Å². The molecule has 2 aliphatic heterocycles. The van der Waals surface area contributed by atoms with Crippen molar-refractivity contribution in [2.75, 3.05) is 6.54 Å². The molecule has 0 aromatic heterocycles. The standard InChI is InChI=1S/C19H24N2O4/c1-11-15(9-14-7-5-4-6-8-14)17(24)20-19(11)10-21(18(19)25)16(12(2)22)13(3)23/h4-8,11-12,15-16,22H,9-10H2,1-3H3,(H,20,24)/t11?,12-,15?,16+,19?/m1/s1. The Morgan fingerprint density at radius 2 is 2.00 bits per heavy atom. The zero-order chi connectivity index (χ0) is 18.4. The lowest BCUT2D eigenvalue weighted by atomic mass is 9.73. The summed E-state index contributed by atoms with van der Waals surface area (Å²) in [6.07, 6.45) is -0.360. The molecular formula is C19H24N2O4. The Morgan fingerprint density at radius 3 is 2.52 bits per heavy atom. The number of nitrogens with zero attached hydrogens (tertiary/aromatic N) is 1. The van der Waals surface area contributed by atoms with E-state index in [9.17, 15) is 19.5 Å². The first kappa shape index (κ1) is 17.6. The molecule has 6 nitrogen and oxygen atoms in total. The number of Topliss-reactive ketones (excluding diaryl/α,β-unsaturated/α-hetero) is 1. The highest BCUT2D eigenvalue weighted by atomic mass is 16.3. The van der Waals surface area contributed by atoms with Crippen molar-refractivity contribution in [3.63, 3.8) is 0 Å². The van der Waals surface area contributed by atoms with Gasteiger partial charge in [-0.1, -0.05) is 37.3 Å². The third-order valence-electron chi connectivity index (χ3n) is 5.63. The molecule has 2 aliphatic rings. The molecule has 1 aromatic rings. The molecule has 0 radical (unpaired) electrons. The second-order valence-corrected chi connectivity index (χ2v) is 7.27. The Hall–Kier alpha value is -2.21. The summed E-state index contributed by atoms with van der Waals surface area (Å²) in [6.45, 7) is 5.04. The SMILES string of the molecule is CC(=O)[C@H]([C@@H](C)O)N1CC2(NC(=O)C(Cc3ccccc3)C2C)C1=O. The number of likely N-dealkylation sites (tertiary alicyclic amines) is 1. The predicted molar refractivity (Wildman–Crippen MR) is 91.5 cm³/mol. The van der Waals surface area contributed by atoms with Gasteiger partial charge >= 0.3 is 0 Å². The van der Waals surface area contributed by atoms with Gasteiger partial charge in [-0.2, -0.15) is 0 Å². The lowest BCUT2D eigenvalue weighted by Gasteiger charge is -2.52. The van der Waals surface area contributed by atoms with Gasteiger partial charge in [0.15, 0.2) is 5.78 Å². The van der Waals surface area contributed by atoms with Crippen LogP contribution < -0.4 is 5.32 Å². The fourth-order valence-electron chi connectivity index (χ4n) is 4.18. The number of ketones is 1. The van der Waals surface area contributed by atoms with Crippen LogP contribution in [0.5, 0.6) is 0 Å². The van der Waals surface area contributed by atoms with Gasteiger partial charge in [0, 0.05) is 11.8 Å². The quantitative estimate of drug-likeness (QED) is 0.763. The average molecular weight is 344 g/mol. The topological polar surface area (TPSA) is 86.7 Å². The second kappa shape index (κ2) is 6.26. The molecule has 2 heterocycles. The van der Waals surface area contributed by atoms with E-state index in [-0.39, 0.29) is 36.0 Å². The number of carbonyl (C=O) groups is 3. The van der Waals surface area contributed by atoms with E-state index in [1.807, 2.05) is 37.3 Å². The zero-order valence-corrected chi connectivity index (χ0v) is 14.7. The number of hydrogen-bond donors (Lipinski definition) is 2. The minimum atomic E-state index is -0.945. The molecule has 2 N–H and O–H groups in total. The normalized spacial score (nSPS) is 30.8. The summed E-state index contributed by atoms with van der Waals surface area (Å²) < 4.78 is 0. The predicted octanol–water partition coefficient (Wildman–Crippen LogP) is 0.531. The minimum absolute atomic E-state index is 0.124. The largest absolute Gasteiger partial charge is 0.391 e. The molecule has 3 unspecified atom stereocenters. The summed E-state index contributed by atoms with van der Waals surface area (Å²) in [5.41, 5.74) is 0.111. The van der Waals surface area contributed by atoms with E-state index in [0.29, 0.717) is 6.42 Å². The van der Waals surface area contributed by atoms with E-state index in [1.165, 1.54) is 18.7 Å². The average Bonchev–Trinajstić information content (AvgIpc) is 2.81. The Bertz CT molecular complexity index is 703. The fourth-order valence-corrected chi connectivity index (χ4v) is 4.18. The van der Waals surface area contributed by atoms with Crippen molar-refractivity contribution in [1.82, 2.24) is 10.2 Å². The molecule has 2 amide bonds. The minimum Gasteiger partial charge on any atom is -0.391 e. The smallest absolute Gasteiger partial charge is 0.251 e. The number of carbonyl (C=O) groups excluding carboxylic acids is 3. The van der Waals surface area contributed by atoms with Crippen molar-refractivity contribution in [3.05, 3.63) is 35.9 Å². The van der Waals surface area contributed by atoms with Crippen LogP contribution in [0.25, 0.3) is 0 Å². The summed E-state index contributed by atoms with van der Waals surface area (Å²) in [5, 5.41) is 12.7. The van der Waals surface area contributed by atoms with Gasteiger partial charge in [0.2, 0.25) is 5.91 Å². The van der Waals surface area contributed by atoms with Crippen LogP contribution in [0.15, 0.2) is 30.3 Å². The number of amides is 2. The third-order valence-corrected chi connectivity index (χ3v) is 5.63. The number of aliphatic hydroxyl groups excluding tert-OH is 1. The molecule has 1 spiro atoms. The number of aliphatic hydroxyl groups is 1. The zero-order valence-electron chi connectivity index (χ0n) is 14.7. The number of hydrogen-bond acceptors (Lipinski definition) is 4. The first-order valence-corrected chi connectivity index (χ1v) is 8.63. The molecule has 6 heteroatoms. The molecule has 0 saturated carbocycles. The highest BCUT2D eigenvalue weighted by Crippen LogP contribution is 2.42. The molecular weight excluding hydrogens is 320 g/mol. The maximum absolute atomic E-state index is 12.8. The summed E-state index contributed by atoms with van der Waals surface area (Å²) >= 11 is 0. The molecule has 25 heavy (non-hydrogen) atoms. The molecule has 2 saturated heterocycles. The van der Waals surface area contributed by atoms with Crippen LogP contribution in [0.3, 0.4) is 0 Å². The van der Waals surface area contributed by atoms with Gasteiger partial charge in [0.25, 0.3) is 5.91 Å². The molecule has 134 valence electrons. The van der Waals surface area contributed by atoms with Crippen molar-refractivity contribution in [2.24, 2.45) is 11.8 Å². The van der Waals surface area contributed by atoms with E-state index >= 15 is 0 Å². The molecule has 5 atom stereocenters. The van der Waals surface area contributed by atoms with Crippen molar-refractivity contribution in [1.29, 1.82) is 0 Å². The van der Waals surface area contributed by atoms with Gasteiger partial charge < -0.3 is 15.3 Å². The van der Waals surface area contributed by atoms with Gasteiger partial charge in [0.1, 0.15) is 11.6 Å². The van der Waals surface area contributed by atoms with E-state index in [1.54, 1.807) is 0 Å². The third kappa shape index (κ3) is 2.74. The highest BCUT2D eigenvalue weighted by molar-refractivity contribution is 6.03. The first-order valence-electron chi connectivity index (χ1n) is 8.63. The Labute approximate surface area is 147 Å². The van der Waals surface area contributed by atoms with Crippen LogP contribution in [-0.2, 0) is 20.8 Å². The van der Waals surface area contributed by atoms with Crippen LogP contribution >= 0.6 is 0 Å². The van der Waals surface area contributed by atoms with Crippen LogP contribution in [-0.4, -0.2) is 51.8 Å². The first-order chi connectivity index (χ1) is 11.8. The lowest BCUT2D eigenvalue weighted by molar-refractivity contribution is -0.166. The van der Waals surface area contributed by atoms with Crippen LogP contribution in [0.2, 0.25) is 0 Å². The molecule has 0 aliphatic carbocycles. The van der Waals surface area contributed by atoms with Gasteiger partial charge in [0.05, 0.1) is 12.6 Å². The monoisotopic (exact) mass is 344 g/mol. The van der Waals surface area contributed by atoms with Gasteiger partial charge in [-0.25, -0.2) is 0 Å². The molecule has 2 fully saturated rings. The number of nitrogens with one attached hydrogen (secondary N) is 1. The number of β-lactam (4-membered cyclic amide) rings is 1. The molecule has 0 bridgehead atoms. The highest BCUT2D eigenvalue weighted by Gasteiger charge is 2.65. The van der Waals surface area contributed by atoms with E-state index < -0.39 is 17.7 Å². The van der Waals surface area contributed by atoms with Gasteiger partial charge in [-0.15, -0.1) is 0 Å². The Balaban J connectivity index is 1.77. The lowest BCUT2D eigenvalue weighted by Crippen LogP contribution is -2.77. The van der Waals surface area contributed by atoms with Gasteiger partial charge in [-0.3, -0.25) is 14.4 Å². The van der Waals surface area contributed by atoms with Crippen molar-refractivity contribution < 1.29 is 19.5 Å². The summed E-state index contributed by atoms with van der Waals surface area (Å²) in [7, 11) is 0. The Morgan fingerprint density at radius 1 is 1.36 bits per heavy atom. The van der Waals surface area contributed by atoms with Crippen molar-refractivity contribution in [3.8, 4) is 0 Å². The van der Waals surface area contributed by atoms with Gasteiger partial charge in [-0.05, 0) is 25.8 Å². The summed E-state index contributed by atoms with van der Waals surface area (Å²) in [5.74, 6) is -1.11. The second-order valence-electron chi connectivity index (χ2n) is 7.27. The maximum atomic E-state index is 12.8. The van der Waals surface area contributed by atoms with Crippen LogP contribution in [0.4, 0.5) is 0 Å². The number of rotatable bonds is 5.